The van der Waals surface area contributed by atoms with Crippen LogP contribution in [-0.2, 0) is 14.4 Å². The van der Waals surface area contributed by atoms with E-state index in [0.717, 1.165) is 6.41 Å². The maximum atomic E-state index is 12.7. The largest absolute Gasteiger partial charge is 0.486 e. The molecular formula is C22H27N3O6. The van der Waals surface area contributed by atoms with Crippen LogP contribution in [0, 0.1) is 0 Å². The predicted octanol–water partition coefficient (Wildman–Crippen LogP) is 0.712. The molecule has 0 aromatic heterocycles. The number of piperazine rings is 1. The minimum absolute atomic E-state index is 0.0215. The van der Waals surface area contributed by atoms with Crippen molar-refractivity contribution in [2.75, 3.05) is 45.9 Å². The van der Waals surface area contributed by atoms with Crippen LogP contribution in [0.1, 0.15) is 36.5 Å². The SMILES string of the molecule is CC(=O)N1CCC2(CC1)CC(=O)c1ccc(OCC(=O)N3CCN(C=O)CC3)cc1O2. The van der Waals surface area contributed by atoms with Crippen molar-refractivity contribution in [3.8, 4) is 11.5 Å². The number of hydrogen-bond acceptors (Lipinski definition) is 6. The second-order valence-electron chi connectivity index (χ2n) is 8.36. The van der Waals surface area contributed by atoms with Gasteiger partial charge in [-0.15, -0.1) is 0 Å². The van der Waals surface area contributed by atoms with Crippen LogP contribution in [0.3, 0.4) is 0 Å². The van der Waals surface area contributed by atoms with E-state index in [4.69, 9.17) is 9.47 Å². The Morgan fingerprint density at radius 1 is 1.10 bits per heavy atom. The van der Waals surface area contributed by atoms with E-state index in [1.165, 1.54) is 0 Å². The highest BCUT2D eigenvalue weighted by Crippen LogP contribution is 2.40. The highest BCUT2D eigenvalue weighted by atomic mass is 16.5. The van der Waals surface area contributed by atoms with Gasteiger partial charge in [0.05, 0.1) is 12.0 Å². The lowest BCUT2D eigenvalue weighted by atomic mass is 9.82. The Hall–Kier alpha value is -3.10. The smallest absolute Gasteiger partial charge is 0.260 e. The molecule has 9 heteroatoms. The first kappa shape index (κ1) is 21.1. The second kappa shape index (κ2) is 8.56. The lowest BCUT2D eigenvalue weighted by Gasteiger charge is -2.43. The average Bonchev–Trinajstić information content (AvgIpc) is 2.77. The van der Waals surface area contributed by atoms with Crippen molar-refractivity contribution in [3.05, 3.63) is 23.8 Å². The van der Waals surface area contributed by atoms with Crippen LogP contribution in [0.15, 0.2) is 18.2 Å². The van der Waals surface area contributed by atoms with Gasteiger partial charge in [-0.2, -0.15) is 0 Å². The summed E-state index contributed by atoms with van der Waals surface area (Å²) in [6, 6.07) is 5.02. The van der Waals surface area contributed by atoms with E-state index in [9.17, 15) is 19.2 Å². The topological polar surface area (TPSA) is 96.5 Å². The molecule has 166 valence electrons. The maximum Gasteiger partial charge on any atom is 0.260 e. The average molecular weight is 429 g/mol. The number of carbonyl (C=O) groups is 4. The number of carbonyl (C=O) groups excluding carboxylic acids is 4. The zero-order chi connectivity index (χ0) is 22.0. The van der Waals surface area contributed by atoms with Crippen molar-refractivity contribution in [1.29, 1.82) is 0 Å². The Balaban J connectivity index is 1.38. The fourth-order valence-electron chi connectivity index (χ4n) is 4.39. The van der Waals surface area contributed by atoms with E-state index in [1.807, 2.05) is 0 Å². The van der Waals surface area contributed by atoms with Gasteiger partial charge in [0.15, 0.2) is 12.4 Å². The quantitative estimate of drug-likeness (QED) is 0.654. The molecule has 2 fully saturated rings. The molecular weight excluding hydrogens is 402 g/mol. The fourth-order valence-corrected chi connectivity index (χ4v) is 4.39. The number of hydrogen-bond donors (Lipinski definition) is 0. The number of rotatable bonds is 4. The standard InChI is InChI=1S/C22H27N3O6/c1-16(27)24-6-4-22(5-7-24)13-19(28)18-3-2-17(12-20(18)31-22)30-14-21(29)25-10-8-23(15-26)9-11-25/h2-3,12,15H,4-11,13-14H2,1H3. The molecule has 2 saturated heterocycles. The number of piperidine rings is 1. The van der Waals surface area contributed by atoms with Crippen LogP contribution in [0.4, 0.5) is 0 Å². The number of Topliss-reactive ketones (excluding diaryl/α,β-unsaturated/α-hetero) is 1. The monoisotopic (exact) mass is 429 g/mol. The zero-order valence-electron chi connectivity index (χ0n) is 17.7. The third-order valence-electron chi connectivity index (χ3n) is 6.36. The summed E-state index contributed by atoms with van der Waals surface area (Å²) in [5.41, 5.74) is -0.0776. The molecule has 9 nitrogen and oxygen atoms in total. The molecule has 1 aromatic rings. The number of likely N-dealkylation sites (tertiary alicyclic amines) is 1. The van der Waals surface area contributed by atoms with E-state index in [0.29, 0.717) is 75.6 Å². The maximum absolute atomic E-state index is 12.7. The van der Waals surface area contributed by atoms with Crippen molar-refractivity contribution in [2.24, 2.45) is 0 Å². The van der Waals surface area contributed by atoms with Crippen LogP contribution in [-0.4, -0.2) is 90.2 Å². The van der Waals surface area contributed by atoms with Gasteiger partial charge in [0.2, 0.25) is 12.3 Å². The van der Waals surface area contributed by atoms with Crippen LogP contribution >= 0.6 is 0 Å². The summed E-state index contributed by atoms with van der Waals surface area (Å²) in [5, 5.41) is 0. The fraction of sp³-hybridized carbons (Fsp3) is 0.545. The van der Waals surface area contributed by atoms with Crippen LogP contribution in [0.5, 0.6) is 11.5 Å². The molecule has 1 spiro atoms. The molecule has 3 aliphatic heterocycles. The third kappa shape index (κ3) is 4.50. The van der Waals surface area contributed by atoms with Gasteiger partial charge in [-0.3, -0.25) is 19.2 Å². The molecule has 0 bridgehead atoms. The van der Waals surface area contributed by atoms with Crippen LogP contribution in [0.2, 0.25) is 0 Å². The Kier molecular flexibility index (Phi) is 5.84. The molecule has 0 N–H and O–H groups in total. The van der Waals surface area contributed by atoms with Gasteiger partial charge in [-0.25, -0.2) is 0 Å². The first-order valence-corrected chi connectivity index (χ1v) is 10.6. The number of benzene rings is 1. The van der Waals surface area contributed by atoms with Crippen molar-refractivity contribution in [2.45, 2.75) is 31.8 Å². The summed E-state index contributed by atoms with van der Waals surface area (Å²) < 4.78 is 12.0. The van der Waals surface area contributed by atoms with Gasteiger partial charge in [0.1, 0.15) is 17.1 Å². The lowest BCUT2D eigenvalue weighted by Crippen LogP contribution is -2.51. The van der Waals surface area contributed by atoms with E-state index in [-0.39, 0.29) is 24.2 Å². The molecule has 3 heterocycles. The number of ketones is 1. The Morgan fingerprint density at radius 2 is 1.81 bits per heavy atom. The van der Waals surface area contributed by atoms with Gasteiger partial charge in [-0.05, 0) is 12.1 Å². The number of nitrogens with zero attached hydrogens (tertiary/aromatic N) is 3. The summed E-state index contributed by atoms with van der Waals surface area (Å²) in [5.74, 6) is 0.841. The van der Waals surface area contributed by atoms with Gasteiger partial charge in [0.25, 0.3) is 5.91 Å². The molecule has 3 amide bonds. The molecule has 4 rings (SSSR count). The van der Waals surface area contributed by atoms with Crippen molar-refractivity contribution in [3.63, 3.8) is 0 Å². The Morgan fingerprint density at radius 3 is 2.45 bits per heavy atom. The number of amides is 3. The summed E-state index contributed by atoms with van der Waals surface area (Å²) in [4.78, 5) is 52.6. The first-order valence-electron chi connectivity index (χ1n) is 10.6. The highest BCUT2D eigenvalue weighted by molar-refractivity contribution is 6.00. The van der Waals surface area contributed by atoms with Crippen molar-refractivity contribution >= 4 is 24.0 Å². The van der Waals surface area contributed by atoms with Gasteiger partial charge in [0, 0.05) is 65.1 Å². The van der Waals surface area contributed by atoms with Crippen molar-refractivity contribution < 1.29 is 28.7 Å². The predicted molar refractivity (Wildman–Crippen MR) is 110 cm³/mol. The Bertz CT molecular complexity index is 885. The molecule has 3 aliphatic rings. The van der Waals surface area contributed by atoms with E-state index in [1.54, 1.807) is 39.8 Å². The van der Waals surface area contributed by atoms with E-state index < -0.39 is 5.60 Å². The van der Waals surface area contributed by atoms with Crippen LogP contribution in [0.25, 0.3) is 0 Å². The summed E-state index contributed by atoms with van der Waals surface area (Å²) in [6.07, 6.45) is 2.31. The summed E-state index contributed by atoms with van der Waals surface area (Å²) in [6.45, 7) is 4.59. The molecule has 0 atom stereocenters. The third-order valence-corrected chi connectivity index (χ3v) is 6.36. The minimum Gasteiger partial charge on any atom is -0.486 e. The van der Waals surface area contributed by atoms with Gasteiger partial charge >= 0.3 is 0 Å². The molecule has 0 unspecified atom stereocenters. The lowest BCUT2D eigenvalue weighted by molar-refractivity contribution is -0.137. The normalized spacial score (nSPS) is 20.2. The van der Waals surface area contributed by atoms with Gasteiger partial charge in [-0.1, -0.05) is 0 Å². The first-order chi connectivity index (χ1) is 14.9. The summed E-state index contributed by atoms with van der Waals surface area (Å²) >= 11 is 0. The zero-order valence-corrected chi connectivity index (χ0v) is 17.7. The molecule has 0 radical (unpaired) electrons. The molecule has 0 aliphatic carbocycles. The second-order valence-corrected chi connectivity index (χ2v) is 8.36. The molecule has 0 saturated carbocycles. The van der Waals surface area contributed by atoms with Gasteiger partial charge < -0.3 is 24.2 Å². The minimum atomic E-state index is -0.595. The summed E-state index contributed by atoms with van der Waals surface area (Å²) in [7, 11) is 0. The highest BCUT2D eigenvalue weighted by Gasteiger charge is 2.43. The molecule has 1 aromatic carbocycles. The number of ether oxygens (including phenoxy) is 2. The Labute approximate surface area is 180 Å². The van der Waals surface area contributed by atoms with E-state index in [2.05, 4.69) is 0 Å². The van der Waals surface area contributed by atoms with Crippen LogP contribution < -0.4 is 9.47 Å². The van der Waals surface area contributed by atoms with Crippen molar-refractivity contribution in [1.82, 2.24) is 14.7 Å². The number of fused-ring (bicyclic) bond motifs is 1. The molecule has 31 heavy (non-hydrogen) atoms. The van der Waals surface area contributed by atoms with E-state index >= 15 is 0 Å².